The number of carbonyl (C=O) groups excluding carboxylic acids is 1. The van der Waals surface area contributed by atoms with Gasteiger partial charge < -0.3 is 4.74 Å². The lowest BCUT2D eigenvalue weighted by Gasteiger charge is -2.43. The maximum absolute atomic E-state index is 12.0. The fraction of sp³-hybridized carbons (Fsp3) is 0.944. The van der Waals surface area contributed by atoms with Crippen LogP contribution in [0.15, 0.2) is 0 Å². The molecule has 124 valence electrons. The molecule has 0 aliphatic carbocycles. The van der Waals surface area contributed by atoms with E-state index in [0.717, 1.165) is 19.5 Å². The van der Waals surface area contributed by atoms with Crippen LogP contribution < -0.4 is 0 Å². The fourth-order valence-electron chi connectivity index (χ4n) is 3.42. The number of ether oxygens (including phenoxy) is 1. The van der Waals surface area contributed by atoms with Gasteiger partial charge in [-0.15, -0.1) is 0 Å². The number of esters is 1. The van der Waals surface area contributed by atoms with Crippen LogP contribution in [0, 0.1) is 0 Å². The molecule has 0 saturated carbocycles. The van der Waals surface area contributed by atoms with Crippen LogP contribution in [0.25, 0.3) is 0 Å². The van der Waals surface area contributed by atoms with E-state index in [-0.39, 0.29) is 11.5 Å². The molecular formula is C18H35NO2. The molecule has 0 amide bonds. The average Bonchev–Trinajstić information content (AvgIpc) is 2.48. The summed E-state index contributed by atoms with van der Waals surface area (Å²) in [6, 6.07) is 0. The van der Waals surface area contributed by atoms with Crippen LogP contribution in [-0.4, -0.2) is 36.1 Å². The quantitative estimate of drug-likeness (QED) is 0.438. The van der Waals surface area contributed by atoms with Gasteiger partial charge in [0.15, 0.2) is 0 Å². The Balaban J connectivity index is 2.52. The smallest absolute Gasteiger partial charge is 0.307 e. The molecule has 0 radical (unpaired) electrons. The van der Waals surface area contributed by atoms with Gasteiger partial charge in [-0.25, -0.2) is 0 Å². The van der Waals surface area contributed by atoms with Gasteiger partial charge >= 0.3 is 5.97 Å². The van der Waals surface area contributed by atoms with Gasteiger partial charge in [-0.3, -0.25) is 9.69 Å². The van der Waals surface area contributed by atoms with Crippen LogP contribution >= 0.6 is 0 Å². The van der Waals surface area contributed by atoms with Gasteiger partial charge in [0, 0.05) is 5.54 Å². The zero-order valence-electron chi connectivity index (χ0n) is 14.5. The zero-order chi connectivity index (χ0) is 15.6. The second-order valence-electron chi connectivity index (χ2n) is 6.69. The van der Waals surface area contributed by atoms with Crippen molar-refractivity contribution in [1.29, 1.82) is 0 Å². The van der Waals surface area contributed by atoms with Gasteiger partial charge in [0.05, 0.1) is 13.0 Å². The lowest BCUT2D eigenvalue weighted by atomic mass is 9.87. The Labute approximate surface area is 131 Å². The van der Waals surface area contributed by atoms with Crippen molar-refractivity contribution >= 4 is 5.97 Å². The highest BCUT2D eigenvalue weighted by molar-refractivity contribution is 5.70. The van der Waals surface area contributed by atoms with Crippen LogP contribution in [0.4, 0.5) is 0 Å². The summed E-state index contributed by atoms with van der Waals surface area (Å²) in [6.07, 6.45) is 12.0. The van der Waals surface area contributed by atoms with E-state index in [4.69, 9.17) is 4.74 Å². The molecule has 1 saturated heterocycles. The number of piperidine rings is 1. The molecule has 1 rings (SSSR count). The molecule has 3 heteroatoms. The lowest BCUT2D eigenvalue weighted by Crippen LogP contribution is -2.50. The average molecular weight is 297 g/mol. The normalized spacial score (nSPS) is 19.2. The summed E-state index contributed by atoms with van der Waals surface area (Å²) >= 11 is 0. The first-order valence-corrected chi connectivity index (χ1v) is 9.03. The van der Waals surface area contributed by atoms with E-state index in [2.05, 4.69) is 18.7 Å². The van der Waals surface area contributed by atoms with E-state index in [9.17, 15) is 4.79 Å². The molecule has 0 aromatic carbocycles. The highest BCUT2D eigenvalue weighted by atomic mass is 16.5. The second-order valence-corrected chi connectivity index (χ2v) is 6.69. The molecule has 1 unspecified atom stereocenters. The minimum atomic E-state index is -0.0286. The van der Waals surface area contributed by atoms with Crippen molar-refractivity contribution in [1.82, 2.24) is 4.90 Å². The Bertz CT molecular complexity index is 287. The molecule has 1 aliphatic heterocycles. The highest BCUT2D eigenvalue weighted by Crippen LogP contribution is 2.30. The summed E-state index contributed by atoms with van der Waals surface area (Å²) in [4.78, 5) is 14.5. The highest BCUT2D eigenvalue weighted by Gasteiger charge is 2.34. The number of nitrogens with zero attached hydrogens (tertiary/aromatic N) is 1. The number of likely N-dealkylation sites (tertiary alicyclic amines) is 1. The molecular weight excluding hydrogens is 262 g/mol. The molecule has 0 N–H and O–H groups in total. The van der Waals surface area contributed by atoms with Crippen LogP contribution in [-0.2, 0) is 9.53 Å². The minimum absolute atomic E-state index is 0.00110. The first-order valence-electron chi connectivity index (χ1n) is 9.03. The van der Waals surface area contributed by atoms with Crippen molar-refractivity contribution < 1.29 is 9.53 Å². The predicted molar refractivity (Wildman–Crippen MR) is 88.5 cm³/mol. The van der Waals surface area contributed by atoms with Crippen LogP contribution in [0.5, 0.6) is 0 Å². The summed E-state index contributed by atoms with van der Waals surface area (Å²) in [5.41, 5.74) is -0.00110. The third-order valence-corrected chi connectivity index (χ3v) is 4.77. The van der Waals surface area contributed by atoms with Crippen molar-refractivity contribution in [2.75, 3.05) is 19.7 Å². The largest absolute Gasteiger partial charge is 0.466 e. The zero-order valence-corrected chi connectivity index (χ0v) is 14.5. The van der Waals surface area contributed by atoms with Gasteiger partial charge in [-0.05, 0) is 46.2 Å². The van der Waals surface area contributed by atoms with Crippen molar-refractivity contribution in [3.8, 4) is 0 Å². The van der Waals surface area contributed by atoms with Crippen LogP contribution in [0.2, 0.25) is 0 Å². The molecule has 21 heavy (non-hydrogen) atoms. The fourth-order valence-corrected chi connectivity index (χ4v) is 3.42. The topological polar surface area (TPSA) is 29.5 Å². The Morgan fingerprint density at radius 3 is 2.33 bits per heavy atom. The summed E-state index contributed by atoms with van der Waals surface area (Å²) in [6.45, 7) is 9.19. The summed E-state index contributed by atoms with van der Waals surface area (Å²) < 4.78 is 5.21. The Morgan fingerprint density at radius 2 is 1.71 bits per heavy atom. The summed E-state index contributed by atoms with van der Waals surface area (Å²) in [5.74, 6) is -0.0286. The van der Waals surface area contributed by atoms with E-state index in [0.29, 0.717) is 13.0 Å². The lowest BCUT2D eigenvalue weighted by molar-refractivity contribution is -0.146. The van der Waals surface area contributed by atoms with Crippen molar-refractivity contribution in [3.05, 3.63) is 0 Å². The Morgan fingerprint density at radius 1 is 1.05 bits per heavy atom. The molecule has 3 nitrogen and oxygen atoms in total. The number of unbranched alkanes of at least 4 members (excludes halogenated alkanes) is 4. The molecule has 1 aliphatic rings. The van der Waals surface area contributed by atoms with E-state index >= 15 is 0 Å². The number of hydrogen-bond acceptors (Lipinski definition) is 3. The molecule has 1 atom stereocenters. The molecule has 0 aromatic rings. The van der Waals surface area contributed by atoms with Crippen molar-refractivity contribution in [2.45, 2.75) is 90.5 Å². The standard InChI is InChI=1S/C18H35NO2/c1-4-6-7-8-10-13-18(3,16-17(20)21-5-2)19-14-11-9-12-15-19/h4-16H2,1-3H3. The van der Waals surface area contributed by atoms with Crippen molar-refractivity contribution in [3.63, 3.8) is 0 Å². The van der Waals surface area contributed by atoms with Gasteiger partial charge in [-0.1, -0.05) is 45.4 Å². The second kappa shape index (κ2) is 10.2. The van der Waals surface area contributed by atoms with Crippen LogP contribution in [0.3, 0.4) is 0 Å². The first-order chi connectivity index (χ1) is 10.1. The number of hydrogen-bond donors (Lipinski definition) is 0. The van der Waals surface area contributed by atoms with E-state index in [1.54, 1.807) is 0 Å². The first kappa shape index (κ1) is 18.5. The van der Waals surface area contributed by atoms with Gasteiger partial charge in [0.2, 0.25) is 0 Å². The van der Waals surface area contributed by atoms with Gasteiger partial charge in [-0.2, -0.15) is 0 Å². The SMILES string of the molecule is CCCCCCCC(C)(CC(=O)OCC)N1CCCCC1. The third-order valence-electron chi connectivity index (χ3n) is 4.77. The Kier molecular flexibility index (Phi) is 8.98. The van der Waals surface area contributed by atoms with E-state index in [1.807, 2.05) is 6.92 Å². The minimum Gasteiger partial charge on any atom is -0.466 e. The summed E-state index contributed by atoms with van der Waals surface area (Å²) in [7, 11) is 0. The van der Waals surface area contributed by atoms with Gasteiger partial charge in [0.1, 0.15) is 0 Å². The molecule has 1 heterocycles. The number of rotatable bonds is 10. The molecule has 0 bridgehead atoms. The van der Waals surface area contributed by atoms with E-state index < -0.39 is 0 Å². The summed E-state index contributed by atoms with van der Waals surface area (Å²) in [5, 5.41) is 0. The predicted octanol–water partition coefficient (Wildman–Crippen LogP) is 4.54. The maximum Gasteiger partial charge on any atom is 0.307 e. The van der Waals surface area contributed by atoms with E-state index in [1.165, 1.54) is 51.4 Å². The molecule has 1 fully saturated rings. The molecule has 0 spiro atoms. The monoisotopic (exact) mass is 297 g/mol. The van der Waals surface area contributed by atoms with Crippen molar-refractivity contribution in [2.24, 2.45) is 0 Å². The maximum atomic E-state index is 12.0. The van der Waals surface area contributed by atoms with Gasteiger partial charge in [0.25, 0.3) is 0 Å². The Hall–Kier alpha value is -0.570. The number of carbonyl (C=O) groups is 1. The molecule has 0 aromatic heterocycles. The van der Waals surface area contributed by atoms with Crippen LogP contribution in [0.1, 0.15) is 85.0 Å². The third kappa shape index (κ3) is 6.82.